The van der Waals surface area contributed by atoms with E-state index in [1.54, 1.807) is 7.05 Å². The summed E-state index contributed by atoms with van der Waals surface area (Å²) >= 11 is 0. The van der Waals surface area contributed by atoms with Gasteiger partial charge in [0.15, 0.2) is 4.90 Å². The first-order chi connectivity index (χ1) is 9.79. The topological polar surface area (TPSA) is 92.6 Å². The Morgan fingerprint density at radius 3 is 2.33 bits per heavy atom. The number of nitro benzene ring substituents is 1. The molecule has 0 fully saturated rings. The first-order valence-electron chi connectivity index (χ1n) is 6.73. The molecule has 0 atom stereocenters. The number of hydrogen-bond acceptors (Lipinski definition) is 5. The van der Waals surface area contributed by atoms with Gasteiger partial charge in [0.25, 0.3) is 5.69 Å². The molecule has 0 unspecified atom stereocenters. The predicted molar refractivity (Wildman–Crippen MR) is 82.0 cm³/mol. The number of nitro groups is 1. The highest BCUT2D eigenvalue weighted by Crippen LogP contribution is 2.30. The van der Waals surface area contributed by atoms with E-state index in [1.165, 1.54) is 29.6 Å². The van der Waals surface area contributed by atoms with Crippen LogP contribution in [0.1, 0.15) is 26.7 Å². The lowest BCUT2D eigenvalue weighted by Crippen LogP contribution is -2.36. The lowest BCUT2D eigenvalue weighted by atomic mass is 10.2. The number of benzene rings is 1. The summed E-state index contributed by atoms with van der Waals surface area (Å²) in [5, 5.41) is 13.9. The molecule has 0 aromatic heterocycles. The molecule has 1 aromatic carbocycles. The molecule has 0 saturated carbocycles. The summed E-state index contributed by atoms with van der Waals surface area (Å²) < 4.78 is 26.6. The second-order valence-corrected chi connectivity index (χ2v) is 6.65. The molecular weight excluding hydrogens is 294 g/mol. The fourth-order valence-electron chi connectivity index (χ4n) is 2.18. The van der Waals surface area contributed by atoms with Crippen LogP contribution < -0.4 is 5.32 Å². The Hall–Kier alpha value is -1.67. The van der Waals surface area contributed by atoms with Gasteiger partial charge in [0.2, 0.25) is 10.0 Å². The van der Waals surface area contributed by atoms with Crippen molar-refractivity contribution in [3.63, 3.8) is 0 Å². The van der Waals surface area contributed by atoms with Gasteiger partial charge < -0.3 is 5.32 Å². The van der Waals surface area contributed by atoms with Crippen LogP contribution in [0, 0.1) is 10.1 Å². The number of nitrogens with zero attached hydrogens (tertiary/aromatic N) is 2. The first kappa shape index (κ1) is 17.4. The molecule has 1 aromatic rings. The third-order valence-corrected chi connectivity index (χ3v) is 5.50. The monoisotopic (exact) mass is 315 g/mol. The SMILES string of the molecule is CCC(CC)N(C)S(=O)(=O)c1cc(NC)ccc1[N+](=O)[O-]. The zero-order chi connectivity index (χ0) is 16.2. The lowest BCUT2D eigenvalue weighted by molar-refractivity contribution is -0.387. The van der Waals surface area contributed by atoms with E-state index in [2.05, 4.69) is 5.32 Å². The van der Waals surface area contributed by atoms with E-state index in [4.69, 9.17) is 0 Å². The molecule has 0 radical (unpaired) electrons. The zero-order valence-electron chi connectivity index (χ0n) is 12.7. The highest BCUT2D eigenvalue weighted by atomic mass is 32.2. The lowest BCUT2D eigenvalue weighted by Gasteiger charge is -2.25. The van der Waals surface area contributed by atoms with Crippen LogP contribution in [0.5, 0.6) is 0 Å². The van der Waals surface area contributed by atoms with Gasteiger partial charge in [-0.25, -0.2) is 8.42 Å². The van der Waals surface area contributed by atoms with E-state index in [1.807, 2.05) is 13.8 Å². The molecule has 0 bridgehead atoms. The smallest absolute Gasteiger partial charge is 0.289 e. The van der Waals surface area contributed by atoms with Gasteiger partial charge in [0.05, 0.1) is 4.92 Å². The quantitative estimate of drug-likeness (QED) is 0.616. The number of hydrogen-bond donors (Lipinski definition) is 1. The third kappa shape index (κ3) is 3.51. The summed E-state index contributed by atoms with van der Waals surface area (Å²) in [6.07, 6.45) is 1.29. The summed E-state index contributed by atoms with van der Waals surface area (Å²) in [5.41, 5.74) is 0.101. The van der Waals surface area contributed by atoms with Gasteiger partial charge in [-0.1, -0.05) is 13.8 Å². The molecule has 0 saturated heterocycles. The highest BCUT2D eigenvalue weighted by molar-refractivity contribution is 7.89. The van der Waals surface area contributed by atoms with Crippen LogP contribution in [0.25, 0.3) is 0 Å². The minimum atomic E-state index is -3.92. The molecule has 1 rings (SSSR count). The molecule has 0 aliphatic rings. The second-order valence-electron chi connectivity index (χ2n) is 4.68. The first-order valence-corrected chi connectivity index (χ1v) is 8.17. The number of nitrogens with one attached hydrogen (secondary N) is 1. The van der Waals surface area contributed by atoms with Crippen LogP contribution in [0.4, 0.5) is 11.4 Å². The molecule has 8 heteroatoms. The molecule has 0 aliphatic carbocycles. The summed E-state index contributed by atoms with van der Waals surface area (Å²) in [5.74, 6) is 0. The number of rotatable bonds is 7. The molecule has 7 nitrogen and oxygen atoms in total. The molecule has 0 amide bonds. The van der Waals surface area contributed by atoms with E-state index < -0.39 is 20.6 Å². The summed E-state index contributed by atoms with van der Waals surface area (Å²) in [6.45, 7) is 3.78. The Morgan fingerprint density at radius 2 is 1.90 bits per heavy atom. The van der Waals surface area contributed by atoms with E-state index in [-0.39, 0.29) is 10.9 Å². The maximum Gasteiger partial charge on any atom is 0.289 e. The minimum absolute atomic E-state index is 0.187. The van der Waals surface area contributed by atoms with Crippen molar-refractivity contribution in [1.82, 2.24) is 4.31 Å². The molecule has 21 heavy (non-hydrogen) atoms. The molecule has 0 aliphatic heterocycles. The molecule has 0 spiro atoms. The van der Waals surface area contributed by atoms with Crippen molar-refractivity contribution in [3.05, 3.63) is 28.3 Å². The van der Waals surface area contributed by atoms with Crippen molar-refractivity contribution in [2.45, 2.75) is 37.6 Å². The van der Waals surface area contributed by atoms with Gasteiger partial charge >= 0.3 is 0 Å². The van der Waals surface area contributed by atoms with Gasteiger partial charge in [0, 0.05) is 31.9 Å². The van der Waals surface area contributed by atoms with Crippen molar-refractivity contribution in [2.75, 3.05) is 19.4 Å². The average Bonchev–Trinajstić information content (AvgIpc) is 2.47. The molecule has 118 valence electrons. The fraction of sp³-hybridized carbons (Fsp3) is 0.538. The van der Waals surface area contributed by atoms with E-state index in [9.17, 15) is 18.5 Å². The van der Waals surface area contributed by atoms with Crippen LogP contribution in [0.15, 0.2) is 23.1 Å². The van der Waals surface area contributed by atoms with Crippen LogP contribution >= 0.6 is 0 Å². The summed E-state index contributed by atoms with van der Waals surface area (Å²) in [7, 11) is -0.831. The Bertz CT molecular complexity index is 612. The predicted octanol–water partition coefficient (Wildman–Crippen LogP) is 2.45. The van der Waals surface area contributed by atoms with Gasteiger partial charge in [-0.2, -0.15) is 4.31 Å². The van der Waals surface area contributed by atoms with Crippen molar-refractivity contribution in [1.29, 1.82) is 0 Å². The zero-order valence-corrected chi connectivity index (χ0v) is 13.5. The van der Waals surface area contributed by atoms with E-state index in [0.29, 0.717) is 18.5 Å². The van der Waals surface area contributed by atoms with Crippen molar-refractivity contribution < 1.29 is 13.3 Å². The summed E-state index contributed by atoms with van der Waals surface area (Å²) in [4.78, 5) is 10.1. The molecule has 0 heterocycles. The average molecular weight is 315 g/mol. The van der Waals surface area contributed by atoms with Crippen LogP contribution in [-0.2, 0) is 10.0 Å². The molecular formula is C13H21N3O4S. The van der Waals surface area contributed by atoms with Crippen LogP contribution in [0.3, 0.4) is 0 Å². The molecule has 1 N–H and O–H groups in total. The van der Waals surface area contributed by atoms with Gasteiger partial charge in [-0.3, -0.25) is 10.1 Å². The Morgan fingerprint density at radius 1 is 1.33 bits per heavy atom. The Kier molecular flexibility index (Phi) is 5.68. The van der Waals surface area contributed by atoms with E-state index in [0.717, 1.165) is 0 Å². The highest BCUT2D eigenvalue weighted by Gasteiger charge is 2.32. The minimum Gasteiger partial charge on any atom is -0.388 e. The Labute approximate surface area is 125 Å². The largest absolute Gasteiger partial charge is 0.388 e. The number of anilines is 1. The van der Waals surface area contributed by atoms with Crippen molar-refractivity contribution >= 4 is 21.4 Å². The van der Waals surface area contributed by atoms with Gasteiger partial charge in [-0.15, -0.1) is 0 Å². The standard InChI is InChI=1S/C13H21N3O4S/c1-5-11(6-2)15(4)21(19,20)13-9-10(14-3)7-8-12(13)16(17)18/h7-9,11,14H,5-6H2,1-4H3. The number of sulfonamides is 1. The maximum absolute atomic E-state index is 12.7. The van der Waals surface area contributed by atoms with E-state index >= 15 is 0 Å². The normalized spacial score (nSPS) is 11.9. The van der Waals surface area contributed by atoms with Crippen LogP contribution in [-0.4, -0.2) is 37.8 Å². The van der Waals surface area contributed by atoms with Crippen molar-refractivity contribution in [3.8, 4) is 0 Å². The van der Waals surface area contributed by atoms with Gasteiger partial charge in [-0.05, 0) is 25.0 Å². The Balaban J connectivity index is 3.45. The third-order valence-electron chi connectivity index (χ3n) is 3.56. The summed E-state index contributed by atoms with van der Waals surface area (Å²) in [6, 6.07) is 3.80. The van der Waals surface area contributed by atoms with Crippen molar-refractivity contribution in [2.24, 2.45) is 0 Å². The fourth-order valence-corrected chi connectivity index (χ4v) is 3.87. The maximum atomic E-state index is 12.7. The van der Waals surface area contributed by atoms with Gasteiger partial charge in [0.1, 0.15) is 0 Å². The second kappa shape index (κ2) is 6.86. The van der Waals surface area contributed by atoms with Crippen LogP contribution in [0.2, 0.25) is 0 Å².